The molecule has 0 atom stereocenters. The van der Waals surface area contributed by atoms with E-state index in [9.17, 15) is 4.79 Å². The molecule has 9 heteroatoms. The van der Waals surface area contributed by atoms with Crippen LogP contribution in [0.4, 0.5) is 0 Å². The zero-order chi connectivity index (χ0) is 17.8. The number of nitrogens with one attached hydrogen (secondary N) is 2. The molecule has 2 aromatic rings. The van der Waals surface area contributed by atoms with Crippen molar-refractivity contribution in [3.05, 3.63) is 24.2 Å². The number of carbonyl (C=O) groups is 1. The number of aromatic nitrogens is 4. The number of hydrogen-bond acceptors (Lipinski definition) is 4. The van der Waals surface area contributed by atoms with Crippen LogP contribution in [0.3, 0.4) is 0 Å². The number of aryl methyl sites for hydroxylation is 2. The van der Waals surface area contributed by atoms with Gasteiger partial charge in [0.2, 0.25) is 5.91 Å². The van der Waals surface area contributed by atoms with Crippen molar-refractivity contribution in [2.45, 2.75) is 70.6 Å². The van der Waals surface area contributed by atoms with Gasteiger partial charge >= 0.3 is 0 Å². The lowest BCUT2D eigenvalue weighted by atomic mass is 9.95. The van der Waals surface area contributed by atoms with Gasteiger partial charge in [-0.1, -0.05) is 19.3 Å². The maximum Gasteiger partial charge on any atom is 0.222 e. The number of nitrogens with zero attached hydrogens (tertiary/aromatic N) is 4. The first-order valence-electron chi connectivity index (χ1n) is 9.88. The van der Waals surface area contributed by atoms with Gasteiger partial charge in [-0.05, 0) is 31.9 Å². The van der Waals surface area contributed by atoms with Crippen LogP contribution in [0.25, 0.3) is 11.5 Å². The fraction of sp³-hybridized carbons (Fsp3) is 0.632. The normalized spacial score (nSPS) is 17.0. The Labute approximate surface area is 178 Å². The minimum atomic E-state index is 0. The summed E-state index contributed by atoms with van der Waals surface area (Å²) in [6.07, 6.45) is 11.3. The van der Waals surface area contributed by atoms with Crippen molar-refractivity contribution in [1.29, 1.82) is 0 Å². The predicted molar refractivity (Wildman–Crippen MR) is 114 cm³/mol. The maximum absolute atomic E-state index is 12.3. The van der Waals surface area contributed by atoms with Gasteiger partial charge in [0, 0.05) is 44.5 Å². The Hall–Kier alpha value is -1.57. The first-order chi connectivity index (χ1) is 12.8. The van der Waals surface area contributed by atoms with Crippen LogP contribution >= 0.6 is 24.8 Å². The third-order valence-corrected chi connectivity index (χ3v) is 5.39. The summed E-state index contributed by atoms with van der Waals surface area (Å²) < 4.78 is 4.11. The highest BCUT2D eigenvalue weighted by atomic mass is 35.5. The lowest BCUT2D eigenvalue weighted by Gasteiger charge is -2.22. The second-order valence-corrected chi connectivity index (χ2v) is 7.37. The second kappa shape index (κ2) is 10.8. The molecule has 0 saturated heterocycles. The van der Waals surface area contributed by atoms with E-state index >= 15 is 0 Å². The van der Waals surface area contributed by atoms with E-state index in [4.69, 9.17) is 5.10 Å². The largest absolute Gasteiger partial charge is 0.353 e. The summed E-state index contributed by atoms with van der Waals surface area (Å²) in [5, 5.41) is 11.3. The molecule has 1 saturated carbocycles. The topological polar surface area (TPSA) is 76.8 Å². The third-order valence-electron chi connectivity index (χ3n) is 5.39. The van der Waals surface area contributed by atoms with Crippen LogP contribution in [0.2, 0.25) is 0 Å². The highest BCUT2D eigenvalue weighted by Gasteiger charge is 2.18. The molecular weight excluding hydrogens is 399 g/mol. The molecule has 0 unspecified atom stereocenters. The molecule has 2 N–H and O–H groups in total. The van der Waals surface area contributed by atoms with E-state index in [-0.39, 0.29) is 30.7 Å². The van der Waals surface area contributed by atoms with Crippen molar-refractivity contribution < 1.29 is 4.79 Å². The number of carbonyl (C=O) groups excluding carboxylic acids is 1. The first-order valence-corrected chi connectivity index (χ1v) is 9.88. The maximum atomic E-state index is 12.3. The average molecular weight is 429 g/mol. The Morgan fingerprint density at radius 3 is 2.86 bits per heavy atom. The Bertz CT molecular complexity index is 730. The second-order valence-electron chi connectivity index (χ2n) is 7.37. The van der Waals surface area contributed by atoms with Crippen LogP contribution in [0, 0.1) is 0 Å². The molecular formula is C19H30Cl2N6O. The molecule has 1 aliphatic carbocycles. The lowest BCUT2D eigenvalue weighted by molar-refractivity contribution is -0.122. The van der Waals surface area contributed by atoms with E-state index in [1.165, 1.54) is 25.0 Å². The summed E-state index contributed by atoms with van der Waals surface area (Å²) in [4.78, 5) is 16.8. The molecule has 0 spiro atoms. The molecule has 0 radical (unpaired) electrons. The first kappa shape index (κ1) is 22.7. The number of hydrogen-bond donors (Lipinski definition) is 2. The molecule has 1 amide bonds. The lowest BCUT2D eigenvalue weighted by Crippen LogP contribution is -2.36. The van der Waals surface area contributed by atoms with E-state index in [1.54, 1.807) is 6.20 Å². The highest BCUT2D eigenvalue weighted by Crippen LogP contribution is 2.20. The minimum Gasteiger partial charge on any atom is -0.353 e. The monoisotopic (exact) mass is 428 g/mol. The number of amides is 1. The standard InChI is InChI=1S/C19H28N6O.2ClH/c26-18(22-15-5-2-1-3-6-15)7-11-24-12-9-21-19(24)17-13-16-14-20-8-4-10-25(16)23-17;;/h9,12-13,15,20H,1-8,10-11,14H2,(H,22,26);2*1H. The van der Waals surface area contributed by atoms with Gasteiger partial charge in [0.05, 0.1) is 5.69 Å². The smallest absolute Gasteiger partial charge is 0.222 e. The zero-order valence-electron chi connectivity index (χ0n) is 16.1. The summed E-state index contributed by atoms with van der Waals surface area (Å²) in [5.41, 5.74) is 2.09. The van der Waals surface area contributed by atoms with Crippen molar-refractivity contribution in [2.24, 2.45) is 0 Å². The number of imidazole rings is 1. The molecule has 28 heavy (non-hydrogen) atoms. The van der Waals surface area contributed by atoms with Gasteiger partial charge in [0.15, 0.2) is 5.82 Å². The average Bonchev–Trinajstić information content (AvgIpc) is 3.22. The van der Waals surface area contributed by atoms with Gasteiger partial charge in [-0.15, -0.1) is 24.8 Å². The zero-order valence-corrected chi connectivity index (χ0v) is 17.7. The van der Waals surface area contributed by atoms with E-state index in [2.05, 4.69) is 26.4 Å². The molecule has 4 rings (SSSR count). The molecule has 1 aliphatic heterocycles. The summed E-state index contributed by atoms with van der Waals surface area (Å²) in [6, 6.07) is 2.48. The minimum absolute atomic E-state index is 0. The van der Waals surface area contributed by atoms with Gasteiger partial charge in [-0.25, -0.2) is 4.98 Å². The summed E-state index contributed by atoms with van der Waals surface area (Å²) >= 11 is 0. The van der Waals surface area contributed by atoms with Crippen molar-refractivity contribution >= 4 is 30.7 Å². The highest BCUT2D eigenvalue weighted by molar-refractivity contribution is 5.85. The fourth-order valence-electron chi connectivity index (χ4n) is 3.96. The van der Waals surface area contributed by atoms with Crippen molar-refractivity contribution in [2.75, 3.05) is 6.54 Å². The van der Waals surface area contributed by atoms with E-state index in [0.29, 0.717) is 19.0 Å². The number of fused-ring (bicyclic) bond motifs is 1. The van der Waals surface area contributed by atoms with E-state index < -0.39 is 0 Å². The van der Waals surface area contributed by atoms with Crippen LogP contribution in [0.5, 0.6) is 0 Å². The van der Waals surface area contributed by atoms with Gasteiger partial charge in [-0.3, -0.25) is 9.48 Å². The van der Waals surface area contributed by atoms with Crippen LogP contribution in [-0.2, 0) is 24.4 Å². The van der Waals surface area contributed by atoms with Crippen LogP contribution < -0.4 is 10.6 Å². The predicted octanol–water partition coefficient (Wildman–Crippen LogP) is 2.92. The molecule has 0 bridgehead atoms. The molecule has 2 aliphatic rings. The van der Waals surface area contributed by atoms with Crippen molar-refractivity contribution in [1.82, 2.24) is 30.0 Å². The van der Waals surface area contributed by atoms with Crippen LogP contribution in [-0.4, -0.2) is 37.8 Å². The summed E-state index contributed by atoms with van der Waals surface area (Å²) in [7, 11) is 0. The van der Waals surface area contributed by atoms with Gasteiger partial charge < -0.3 is 15.2 Å². The Morgan fingerprint density at radius 2 is 2.04 bits per heavy atom. The molecule has 1 fully saturated rings. The van der Waals surface area contributed by atoms with Crippen molar-refractivity contribution in [3.8, 4) is 11.5 Å². The third kappa shape index (κ3) is 5.49. The van der Waals surface area contributed by atoms with Crippen LogP contribution in [0.15, 0.2) is 18.5 Å². The quantitative estimate of drug-likeness (QED) is 0.767. The SMILES string of the molecule is Cl.Cl.O=C(CCn1ccnc1-c1cc2n(n1)CCCNC2)NC1CCCCC1. The summed E-state index contributed by atoms with van der Waals surface area (Å²) in [5.74, 6) is 0.984. The molecule has 2 aromatic heterocycles. The van der Waals surface area contributed by atoms with Gasteiger partial charge in [-0.2, -0.15) is 5.10 Å². The van der Waals surface area contributed by atoms with Crippen molar-refractivity contribution in [3.63, 3.8) is 0 Å². The van der Waals surface area contributed by atoms with Gasteiger partial charge in [0.1, 0.15) is 5.69 Å². The molecule has 0 aromatic carbocycles. The Balaban J connectivity index is 0.00000140. The van der Waals surface area contributed by atoms with E-state index in [1.807, 2.05) is 10.8 Å². The van der Waals surface area contributed by atoms with Crippen LogP contribution in [0.1, 0.15) is 50.6 Å². The Kier molecular flexibility index (Phi) is 8.79. The molecule has 3 heterocycles. The number of rotatable bonds is 5. The summed E-state index contributed by atoms with van der Waals surface area (Å²) in [6.45, 7) is 3.45. The number of halogens is 2. The molecule has 156 valence electrons. The molecule has 7 nitrogen and oxygen atoms in total. The van der Waals surface area contributed by atoms with E-state index in [0.717, 1.165) is 50.4 Å². The Morgan fingerprint density at radius 1 is 1.21 bits per heavy atom. The fourth-order valence-corrected chi connectivity index (χ4v) is 3.96. The van der Waals surface area contributed by atoms with Gasteiger partial charge in [0.25, 0.3) is 0 Å².